The number of methoxy groups -OCH3 is 1. The van der Waals surface area contributed by atoms with Crippen molar-refractivity contribution >= 4 is 11.6 Å². The molecule has 0 fully saturated rings. The second-order valence-corrected chi connectivity index (χ2v) is 6.55. The Morgan fingerprint density at radius 3 is 2.79 bits per heavy atom. The van der Waals surface area contributed by atoms with Gasteiger partial charge in [-0.25, -0.2) is 9.07 Å². The molecular weight excluding hydrogens is 361 g/mol. The SMILES string of the molecule is COc1cc(F)ccc1-c1ccc(=O)n([C@@H]2CCc3ccccc3NC2=O)n1. The van der Waals surface area contributed by atoms with Crippen molar-refractivity contribution in [3.63, 3.8) is 0 Å². The van der Waals surface area contributed by atoms with Crippen LogP contribution in [0.4, 0.5) is 10.1 Å². The minimum Gasteiger partial charge on any atom is -0.496 e. The molecule has 0 saturated carbocycles. The van der Waals surface area contributed by atoms with Gasteiger partial charge in [0.1, 0.15) is 17.6 Å². The van der Waals surface area contributed by atoms with Gasteiger partial charge < -0.3 is 10.1 Å². The van der Waals surface area contributed by atoms with Crippen LogP contribution in [0.3, 0.4) is 0 Å². The highest BCUT2D eigenvalue weighted by molar-refractivity contribution is 5.95. The van der Waals surface area contributed by atoms with Gasteiger partial charge in [-0.3, -0.25) is 9.59 Å². The minimum absolute atomic E-state index is 0.289. The van der Waals surface area contributed by atoms with Gasteiger partial charge in [-0.2, -0.15) is 5.10 Å². The summed E-state index contributed by atoms with van der Waals surface area (Å²) in [5, 5.41) is 7.27. The summed E-state index contributed by atoms with van der Waals surface area (Å²) in [6.07, 6.45) is 1.08. The molecule has 1 atom stereocenters. The molecule has 1 aliphatic heterocycles. The Hall–Kier alpha value is -3.48. The van der Waals surface area contributed by atoms with Gasteiger partial charge in [0.25, 0.3) is 5.56 Å². The van der Waals surface area contributed by atoms with E-state index in [1.165, 1.54) is 42.1 Å². The number of carbonyl (C=O) groups is 1. The predicted molar refractivity (Wildman–Crippen MR) is 103 cm³/mol. The molecule has 4 rings (SSSR count). The molecule has 3 aromatic rings. The maximum atomic E-state index is 13.5. The normalized spacial score (nSPS) is 16.1. The number of fused-ring (bicyclic) bond motifs is 1. The van der Waals surface area contributed by atoms with Crippen molar-refractivity contribution in [3.05, 3.63) is 76.3 Å². The van der Waals surface area contributed by atoms with E-state index in [0.717, 1.165) is 11.3 Å². The molecule has 1 amide bonds. The van der Waals surface area contributed by atoms with E-state index < -0.39 is 11.9 Å². The number of para-hydroxylation sites is 1. The number of hydrogen-bond donors (Lipinski definition) is 1. The van der Waals surface area contributed by atoms with Crippen LogP contribution in [0.5, 0.6) is 5.75 Å². The number of aryl methyl sites for hydroxylation is 1. The molecule has 1 aliphatic rings. The van der Waals surface area contributed by atoms with Crippen molar-refractivity contribution in [1.82, 2.24) is 9.78 Å². The molecule has 28 heavy (non-hydrogen) atoms. The zero-order chi connectivity index (χ0) is 19.7. The first-order chi connectivity index (χ1) is 13.6. The maximum Gasteiger partial charge on any atom is 0.267 e. The Bertz CT molecular complexity index is 1110. The molecule has 0 unspecified atom stereocenters. The summed E-state index contributed by atoms with van der Waals surface area (Å²) in [5.74, 6) is -0.423. The fourth-order valence-electron chi connectivity index (χ4n) is 3.40. The summed E-state index contributed by atoms with van der Waals surface area (Å²) >= 11 is 0. The number of benzene rings is 2. The van der Waals surface area contributed by atoms with Crippen LogP contribution in [0.25, 0.3) is 11.3 Å². The van der Waals surface area contributed by atoms with Crippen LogP contribution in [0, 0.1) is 5.82 Å². The van der Waals surface area contributed by atoms with Crippen molar-refractivity contribution in [2.24, 2.45) is 0 Å². The average molecular weight is 379 g/mol. The molecule has 1 aromatic heterocycles. The minimum atomic E-state index is -0.744. The zero-order valence-corrected chi connectivity index (χ0v) is 15.2. The molecule has 0 spiro atoms. The first-order valence-electron chi connectivity index (χ1n) is 8.89. The van der Waals surface area contributed by atoms with Crippen LogP contribution < -0.4 is 15.6 Å². The number of carbonyl (C=O) groups excluding carboxylic acids is 1. The number of anilines is 1. The van der Waals surface area contributed by atoms with Gasteiger partial charge >= 0.3 is 0 Å². The molecule has 6 nitrogen and oxygen atoms in total. The Morgan fingerprint density at radius 1 is 1.14 bits per heavy atom. The third-order valence-electron chi connectivity index (χ3n) is 4.82. The quantitative estimate of drug-likeness (QED) is 0.759. The Balaban J connectivity index is 1.74. The van der Waals surface area contributed by atoms with Crippen LogP contribution in [0.1, 0.15) is 18.0 Å². The van der Waals surface area contributed by atoms with E-state index in [0.29, 0.717) is 29.8 Å². The largest absolute Gasteiger partial charge is 0.496 e. The second kappa shape index (κ2) is 7.26. The standard InChI is InChI=1S/C21H18FN3O3/c1-28-19-12-14(22)7-8-15(19)17-9-11-20(26)25(24-17)18-10-6-13-4-2-3-5-16(13)23-21(18)27/h2-5,7-9,11-12,18H,6,10H2,1H3,(H,23,27)/t18-/m1/s1. The number of halogens is 1. The highest BCUT2D eigenvalue weighted by atomic mass is 19.1. The van der Waals surface area contributed by atoms with Crippen LogP contribution in [-0.2, 0) is 11.2 Å². The molecule has 0 aliphatic carbocycles. The van der Waals surface area contributed by atoms with E-state index in [9.17, 15) is 14.0 Å². The summed E-state index contributed by atoms with van der Waals surface area (Å²) in [4.78, 5) is 25.2. The number of hydrogen-bond acceptors (Lipinski definition) is 4. The lowest BCUT2D eigenvalue weighted by Crippen LogP contribution is -2.34. The summed E-state index contributed by atoms with van der Waals surface area (Å²) in [7, 11) is 1.43. The van der Waals surface area contributed by atoms with Gasteiger partial charge in [-0.15, -0.1) is 0 Å². The van der Waals surface area contributed by atoms with Crippen molar-refractivity contribution < 1.29 is 13.9 Å². The molecule has 7 heteroatoms. The Kier molecular flexibility index (Phi) is 4.65. The summed E-state index contributed by atoms with van der Waals surface area (Å²) in [5.41, 5.74) is 2.35. The van der Waals surface area contributed by atoms with Gasteiger partial charge in [0.2, 0.25) is 5.91 Å². The number of ether oxygens (including phenoxy) is 1. The highest BCUT2D eigenvalue weighted by Crippen LogP contribution is 2.30. The average Bonchev–Trinajstić information content (AvgIpc) is 2.86. The third-order valence-corrected chi connectivity index (χ3v) is 4.82. The number of aromatic nitrogens is 2. The number of amides is 1. The van der Waals surface area contributed by atoms with Gasteiger partial charge in [-0.1, -0.05) is 18.2 Å². The second-order valence-electron chi connectivity index (χ2n) is 6.55. The third kappa shape index (κ3) is 3.26. The van der Waals surface area contributed by atoms with E-state index in [4.69, 9.17) is 4.74 Å². The Morgan fingerprint density at radius 2 is 1.96 bits per heavy atom. The van der Waals surface area contributed by atoms with Gasteiger partial charge in [0.15, 0.2) is 0 Å². The molecule has 2 heterocycles. The van der Waals surface area contributed by atoms with Crippen LogP contribution in [-0.4, -0.2) is 22.8 Å². The number of rotatable bonds is 3. The summed E-state index contributed by atoms with van der Waals surface area (Å²) in [6, 6.07) is 13.8. The highest BCUT2D eigenvalue weighted by Gasteiger charge is 2.27. The molecule has 0 saturated heterocycles. The van der Waals surface area contributed by atoms with Gasteiger partial charge in [0.05, 0.1) is 12.8 Å². The van der Waals surface area contributed by atoms with Crippen molar-refractivity contribution in [2.45, 2.75) is 18.9 Å². The fraction of sp³-hybridized carbons (Fsp3) is 0.190. The van der Waals surface area contributed by atoms with Crippen molar-refractivity contribution in [3.8, 4) is 17.0 Å². The smallest absolute Gasteiger partial charge is 0.267 e. The number of nitrogens with one attached hydrogen (secondary N) is 1. The predicted octanol–water partition coefficient (Wildman–Crippen LogP) is 3.18. The van der Waals surface area contributed by atoms with Crippen LogP contribution in [0.15, 0.2) is 59.4 Å². The van der Waals surface area contributed by atoms with Gasteiger partial charge in [0, 0.05) is 23.4 Å². The zero-order valence-electron chi connectivity index (χ0n) is 15.2. The van der Waals surface area contributed by atoms with Crippen LogP contribution in [0.2, 0.25) is 0 Å². The summed E-state index contributed by atoms with van der Waals surface area (Å²) < 4.78 is 19.9. The lowest BCUT2D eigenvalue weighted by Gasteiger charge is -2.16. The molecule has 0 radical (unpaired) electrons. The topological polar surface area (TPSA) is 73.2 Å². The lowest BCUT2D eigenvalue weighted by molar-refractivity contribution is -0.119. The monoisotopic (exact) mass is 379 g/mol. The fourth-order valence-corrected chi connectivity index (χ4v) is 3.40. The van der Waals surface area contributed by atoms with Crippen molar-refractivity contribution in [2.75, 3.05) is 12.4 Å². The van der Waals surface area contributed by atoms with E-state index in [-0.39, 0.29) is 11.5 Å². The first-order valence-corrected chi connectivity index (χ1v) is 8.89. The molecule has 1 N–H and O–H groups in total. The summed E-state index contributed by atoms with van der Waals surface area (Å²) in [6.45, 7) is 0. The van der Waals surface area contributed by atoms with E-state index in [2.05, 4.69) is 10.4 Å². The van der Waals surface area contributed by atoms with E-state index >= 15 is 0 Å². The Labute approximate surface area is 160 Å². The van der Waals surface area contributed by atoms with E-state index in [1.54, 1.807) is 0 Å². The van der Waals surface area contributed by atoms with Crippen LogP contribution >= 0.6 is 0 Å². The number of nitrogens with zero attached hydrogens (tertiary/aromatic N) is 2. The molecule has 0 bridgehead atoms. The van der Waals surface area contributed by atoms with E-state index in [1.807, 2.05) is 24.3 Å². The first kappa shape index (κ1) is 17.9. The molecule has 2 aromatic carbocycles. The lowest BCUT2D eigenvalue weighted by atomic mass is 10.1. The van der Waals surface area contributed by atoms with Gasteiger partial charge in [-0.05, 0) is 42.7 Å². The molecule has 142 valence electrons. The van der Waals surface area contributed by atoms with Crippen molar-refractivity contribution in [1.29, 1.82) is 0 Å². The molecular formula is C21H18FN3O3. The maximum absolute atomic E-state index is 13.5.